The molecule has 0 unspecified atom stereocenters. The first-order valence-corrected chi connectivity index (χ1v) is 7.05. The topological polar surface area (TPSA) is 29.5 Å². The van der Waals surface area contributed by atoms with Crippen LogP contribution in [0.1, 0.15) is 54.4 Å². The monoisotopic (exact) mass is 265 g/mol. The maximum absolute atomic E-state index is 12.1. The Hall–Kier alpha value is -1.01. The van der Waals surface area contributed by atoms with Gasteiger partial charge in [0.1, 0.15) is 11.6 Å². The molecule has 0 amide bonds. The summed E-state index contributed by atoms with van der Waals surface area (Å²) < 4.78 is 5.47. The molecule has 1 aliphatic rings. The van der Waals surface area contributed by atoms with Crippen LogP contribution in [0, 0.1) is 17.3 Å². The van der Waals surface area contributed by atoms with E-state index in [1.807, 2.05) is 20.8 Å². The molecule has 0 aromatic rings. The molecule has 0 aromatic heterocycles. The van der Waals surface area contributed by atoms with Crippen LogP contribution >= 0.6 is 0 Å². The van der Waals surface area contributed by atoms with Gasteiger partial charge in [-0.1, -0.05) is 11.8 Å². The third-order valence-electron chi connectivity index (χ3n) is 2.79. The van der Waals surface area contributed by atoms with E-state index in [0.29, 0.717) is 6.54 Å². The molecule has 1 rings (SSSR count). The lowest BCUT2D eigenvalue weighted by Gasteiger charge is -2.26. The number of likely N-dealkylation sites (tertiary alicyclic amines) is 1. The van der Waals surface area contributed by atoms with Crippen LogP contribution in [0.4, 0.5) is 0 Å². The van der Waals surface area contributed by atoms with Crippen molar-refractivity contribution < 1.29 is 9.53 Å². The third kappa shape index (κ3) is 6.11. The van der Waals surface area contributed by atoms with Gasteiger partial charge in [-0.25, -0.2) is 0 Å². The summed E-state index contributed by atoms with van der Waals surface area (Å²) in [5.74, 6) is 6.29. The van der Waals surface area contributed by atoms with E-state index in [9.17, 15) is 4.79 Å². The van der Waals surface area contributed by atoms with Gasteiger partial charge < -0.3 is 4.74 Å². The van der Waals surface area contributed by atoms with Gasteiger partial charge in [-0.05, 0) is 54.4 Å². The van der Waals surface area contributed by atoms with Crippen LogP contribution < -0.4 is 0 Å². The predicted molar refractivity (Wildman–Crippen MR) is 77.7 cm³/mol. The van der Waals surface area contributed by atoms with Gasteiger partial charge in [0.05, 0.1) is 6.54 Å². The molecule has 0 aromatic carbocycles. The van der Waals surface area contributed by atoms with Gasteiger partial charge >= 0.3 is 5.97 Å². The summed E-state index contributed by atoms with van der Waals surface area (Å²) >= 11 is 0. The van der Waals surface area contributed by atoms with Crippen LogP contribution in [0.5, 0.6) is 0 Å². The molecule has 3 nitrogen and oxygen atoms in total. The Morgan fingerprint density at radius 2 is 1.89 bits per heavy atom. The smallest absolute Gasteiger partial charge is 0.323 e. The first-order valence-electron chi connectivity index (χ1n) is 7.05. The average molecular weight is 265 g/mol. The molecular formula is C16H27NO2. The van der Waals surface area contributed by atoms with Crippen LogP contribution in [0.15, 0.2) is 0 Å². The van der Waals surface area contributed by atoms with E-state index in [1.54, 1.807) is 0 Å². The number of hydrogen-bond donors (Lipinski definition) is 0. The summed E-state index contributed by atoms with van der Waals surface area (Å²) in [6.45, 7) is 13.6. The Balaban J connectivity index is 2.59. The molecule has 0 spiro atoms. The summed E-state index contributed by atoms with van der Waals surface area (Å²) in [6.07, 6.45) is 1.92. The number of carbonyl (C=O) groups is 1. The summed E-state index contributed by atoms with van der Waals surface area (Å²) in [5.41, 5.74) is -0.399. The second kappa shape index (κ2) is 5.96. The van der Waals surface area contributed by atoms with Gasteiger partial charge in [-0.2, -0.15) is 0 Å². The van der Waals surface area contributed by atoms with E-state index in [2.05, 4.69) is 37.5 Å². The molecule has 3 heteroatoms. The largest absolute Gasteiger partial charge is 0.459 e. The average Bonchev–Trinajstić information content (AvgIpc) is 2.61. The van der Waals surface area contributed by atoms with Crippen molar-refractivity contribution in [1.29, 1.82) is 0 Å². The van der Waals surface area contributed by atoms with Crippen molar-refractivity contribution in [3.05, 3.63) is 0 Å². The Kier molecular flexibility index (Phi) is 5.04. The Morgan fingerprint density at radius 3 is 2.42 bits per heavy atom. The minimum Gasteiger partial charge on any atom is -0.459 e. The SMILES string of the molecule is CC(C)(C)C#CCN1CCC[C@@H]1C(=O)OC(C)(C)C. The van der Waals surface area contributed by atoms with Crippen molar-refractivity contribution in [3.8, 4) is 11.8 Å². The van der Waals surface area contributed by atoms with E-state index in [4.69, 9.17) is 4.74 Å². The van der Waals surface area contributed by atoms with Crippen LogP contribution in [0.3, 0.4) is 0 Å². The summed E-state index contributed by atoms with van der Waals surface area (Å²) in [7, 11) is 0. The number of rotatable bonds is 2. The highest BCUT2D eigenvalue weighted by molar-refractivity contribution is 5.76. The Labute approximate surface area is 117 Å². The second-order valence-corrected chi connectivity index (χ2v) is 7.21. The first-order chi connectivity index (χ1) is 8.58. The minimum atomic E-state index is -0.414. The van der Waals surface area contributed by atoms with E-state index in [0.717, 1.165) is 19.4 Å². The quantitative estimate of drug-likeness (QED) is 0.568. The van der Waals surface area contributed by atoms with Crippen molar-refractivity contribution in [1.82, 2.24) is 4.90 Å². The van der Waals surface area contributed by atoms with Gasteiger partial charge in [0.15, 0.2) is 0 Å². The van der Waals surface area contributed by atoms with Crippen molar-refractivity contribution in [2.24, 2.45) is 5.41 Å². The first kappa shape index (κ1) is 16.0. The fourth-order valence-corrected chi connectivity index (χ4v) is 2.06. The van der Waals surface area contributed by atoms with Gasteiger partial charge in [0.25, 0.3) is 0 Å². The van der Waals surface area contributed by atoms with Crippen LogP contribution in [-0.4, -0.2) is 35.6 Å². The predicted octanol–water partition coefficient (Wildman–Crippen LogP) is 2.84. The number of carbonyl (C=O) groups excluding carboxylic acids is 1. The van der Waals surface area contributed by atoms with Gasteiger partial charge in [-0.15, -0.1) is 0 Å². The number of nitrogens with zero attached hydrogens (tertiary/aromatic N) is 1. The molecule has 1 saturated heterocycles. The fraction of sp³-hybridized carbons (Fsp3) is 0.812. The van der Waals surface area contributed by atoms with Crippen molar-refractivity contribution in [2.45, 2.75) is 66.0 Å². The number of ether oxygens (including phenoxy) is 1. The molecule has 1 fully saturated rings. The molecule has 0 radical (unpaired) electrons. The van der Waals surface area contributed by atoms with Crippen molar-refractivity contribution >= 4 is 5.97 Å². The lowest BCUT2D eigenvalue weighted by Crippen LogP contribution is -2.40. The lowest BCUT2D eigenvalue weighted by atomic mass is 9.98. The zero-order valence-corrected chi connectivity index (χ0v) is 13.2. The molecule has 0 saturated carbocycles. The third-order valence-corrected chi connectivity index (χ3v) is 2.79. The van der Waals surface area contributed by atoms with E-state index >= 15 is 0 Å². The van der Waals surface area contributed by atoms with Crippen molar-refractivity contribution in [2.75, 3.05) is 13.1 Å². The van der Waals surface area contributed by atoms with Gasteiger partial charge in [0, 0.05) is 12.0 Å². The number of esters is 1. The Bertz CT molecular complexity index is 376. The summed E-state index contributed by atoms with van der Waals surface area (Å²) in [6, 6.07) is -0.117. The normalized spacial score (nSPS) is 20.8. The maximum Gasteiger partial charge on any atom is 0.323 e. The highest BCUT2D eigenvalue weighted by Crippen LogP contribution is 2.20. The molecular weight excluding hydrogens is 238 g/mol. The lowest BCUT2D eigenvalue weighted by molar-refractivity contribution is -0.160. The van der Waals surface area contributed by atoms with Gasteiger partial charge in [-0.3, -0.25) is 9.69 Å². The molecule has 0 bridgehead atoms. The molecule has 108 valence electrons. The zero-order valence-electron chi connectivity index (χ0n) is 13.2. The molecule has 0 aliphatic carbocycles. The fourth-order valence-electron chi connectivity index (χ4n) is 2.06. The Morgan fingerprint density at radius 1 is 1.26 bits per heavy atom. The van der Waals surface area contributed by atoms with E-state index in [-0.39, 0.29) is 17.4 Å². The molecule has 19 heavy (non-hydrogen) atoms. The maximum atomic E-state index is 12.1. The standard InChI is InChI=1S/C16H27NO2/c1-15(2,3)10-8-12-17-11-7-9-13(17)14(18)19-16(4,5)6/h13H,7,9,11-12H2,1-6H3/t13-/m1/s1. The molecule has 1 aliphatic heterocycles. The van der Waals surface area contributed by atoms with Crippen LogP contribution in [0.2, 0.25) is 0 Å². The highest BCUT2D eigenvalue weighted by atomic mass is 16.6. The van der Waals surface area contributed by atoms with E-state index in [1.165, 1.54) is 0 Å². The molecule has 1 atom stereocenters. The molecule has 0 N–H and O–H groups in total. The molecule has 1 heterocycles. The van der Waals surface area contributed by atoms with Crippen LogP contribution in [-0.2, 0) is 9.53 Å². The van der Waals surface area contributed by atoms with Crippen LogP contribution in [0.25, 0.3) is 0 Å². The van der Waals surface area contributed by atoms with E-state index < -0.39 is 5.60 Å². The van der Waals surface area contributed by atoms with Gasteiger partial charge in [0.2, 0.25) is 0 Å². The minimum absolute atomic E-state index is 0.0150. The van der Waals surface area contributed by atoms with Crippen molar-refractivity contribution in [3.63, 3.8) is 0 Å². The second-order valence-electron chi connectivity index (χ2n) is 7.21. The number of hydrogen-bond acceptors (Lipinski definition) is 3. The highest BCUT2D eigenvalue weighted by Gasteiger charge is 2.33. The summed E-state index contributed by atoms with van der Waals surface area (Å²) in [4.78, 5) is 14.3. The zero-order chi connectivity index (χ0) is 14.7. The summed E-state index contributed by atoms with van der Waals surface area (Å²) in [5, 5.41) is 0.